The summed E-state index contributed by atoms with van der Waals surface area (Å²) in [5.74, 6) is 1.94. The molecule has 1 aromatic rings. The molecule has 0 spiro atoms. The van der Waals surface area contributed by atoms with Crippen LogP contribution in [0.4, 0.5) is 0 Å². The highest BCUT2D eigenvalue weighted by Crippen LogP contribution is 2.38. The van der Waals surface area contributed by atoms with E-state index in [-0.39, 0.29) is 29.4 Å². The van der Waals surface area contributed by atoms with Gasteiger partial charge in [0.15, 0.2) is 5.96 Å². The number of guanidine groups is 1. The zero-order valence-corrected chi connectivity index (χ0v) is 18.9. The first-order chi connectivity index (χ1) is 11.7. The quantitative estimate of drug-likeness (QED) is 0.259. The summed E-state index contributed by atoms with van der Waals surface area (Å²) in [6, 6.07) is 8.15. The van der Waals surface area contributed by atoms with Gasteiger partial charge in [0.05, 0.1) is 6.54 Å². The number of halogens is 2. The SMILES string of the molecule is CCNC(=NCC1(c2ccccc2Cl)CCOCC1)NCCSC.I. The molecule has 0 unspecified atom stereocenters. The molecule has 0 amide bonds. The van der Waals surface area contributed by atoms with Gasteiger partial charge in [-0.3, -0.25) is 4.99 Å². The van der Waals surface area contributed by atoms with E-state index in [1.54, 1.807) is 0 Å². The van der Waals surface area contributed by atoms with Crippen LogP contribution in [0.5, 0.6) is 0 Å². The van der Waals surface area contributed by atoms with E-state index in [0.717, 1.165) is 55.9 Å². The van der Waals surface area contributed by atoms with E-state index in [4.69, 9.17) is 21.3 Å². The molecule has 7 heteroatoms. The van der Waals surface area contributed by atoms with E-state index in [2.05, 4.69) is 35.9 Å². The molecule has 0 bridgehead atoms. The van der Waals surface area contributed by atoms with Crippen molar-refractivity contribution in [1.29, 1.82) is 0 Å². The third kappa shape index (κ3) is 6.81. The fourth-order valence-electron chi connectivity index (χ4n) is 3.01. The van der Waals surface area contributed by atoms with Gasteiger partial charge in [0, 0.05) is 42.5 Å². The number of aliphatic imine (C=N–C) groups is 1. The van der Waals surface area contributed by atoms with Crippen LogP contribution in [0.15, 0.2) is 29.3 Å². The lowest BCUT2D eigenvalue weighted by Gasteiger charge is -2.37. The molecule has 25 heavy (non-hydrogen) atoms. The Morgan fingerprint density at radius 3 is 2.64 bits per heavy atom. The highest BCUT2D eigenvalue weighted by Gasteiger charge is 2.36. The molecule has 0 aliphatic carbocycles. The lowest BCUT2D eigenvalue weighted by molar-refractivity contribution is 0.0531. The van der Waals surface area contributed by atoms with Crippen LogP contribution in [-0.4, -0.2) is 50.8 Å². The van der Waals surface area contributed by atoms with Crippen LogP contribution in [0.3, 0.4) is 0 Å². The van der Waals surface area contributed by atoms with Gasteiger partial charge in [0.2, 0.25) is 0 Å². The molecule has 1 aromatic carbocycles. The minimum Gasteiger partial charge on any atom is -0.381 e. The second-order valence-electron chi connectivity index (χ2n) is 5.99. The highest BCUT2D eigenvalue weighted by atomic mass is 127. The summed E-state index contributed by atoms with van der Waals surface area (Å²) in [5, 5.41) is 7.56. The molecule has 0 saturated carbocycles. The molecule has 1 aliphatic heterocycles. The zero-order valence-electron chi connectivity index (χ0n) is 15.0. The maximum atomic E-state index is 6.50. The Labute approximate surface area is 177 Å². The van der Waals surface area contributed by atoms with Crippen LogP contribution in [0.2, 0.25) is 5.02 Å². The van der Waals surface area contributed by atoms with Crippen molar-refractivity contribution in [3.63, 3.8) is 0 Å². The molecule has 2 rings (SSSR count). The Balaban J connectivity index is 0.00000312. The van der Waals surface area contributed by atoms with E-state index in [0.29, 0.717) is 6.54 Å². The number of hydrogen-bond acceptors (Lipinski definition) is 3. The van der Waals surface area contributed by atoms with Crippen molar-refractivity contribution in [3.8, 4) is 0 Å². The number of nitrogens with one attached hydrogen (secondary N) is 2. The fraction of sp³-hybridized carbons (Fsp3) is 0.611. The number of benzene rings is 1. The lowest BCUT2D eigenvalue weighted by atomic mass is 9.74. The van der Waals surface area contributed by atoms with Crippen molar-refractivity contribution >= 4 is 53.3 Å². The van der Waals surface area contributed by atoms with Crippen molar-refractivity contribution in [2.45, 2.75) is 25.2 Å². The molecule has 4 nitrogen and oxygen atoms in total. The third-order valence-corrected chi connectivity index (χ3v) is 5.32. The Morgan fingerprint density at radius 2 is 2.00 bits per heavy atom. The van der Waals surface area contributed by atoms with Crippen LogP contribution in [0.25, 0.3) is 0 Å². The number of thioether (sulfide) groups is 1. The maximum Gasteiger partial charge on any atom is 0.191 e. The number of ether oxygens (including phenoxy) is 1. The zero-order chi connectivity index (χ0) is 17.3. The van der Waals surface area contributed by atoms with Gasteiger partial charge in [-0.1, -0.05) is 29.8 Å². The second kappa shape index (κ2) is 12.3. The standard InChI is InChI=1S/C18H28ClN3OS.HI/c1-3-20-17(21-10-13-24-2)22-14-18(8-11-23-12-9-18)15-6-4-5-7-16(15)19;/h4-7H,3,8-14H2,1-2H3,(H2,20,21,22);1H. The summed E-state index contributed by atoms with van der Waals surface area (Å²) in [5.41, 5.74) is 1.15. The molecule has 0 atom stereocenters. The fourth-order valence-corrected chi connectivity index (χ4v) is 3.65. The van der Waals surface area contributed by atoms with Gasteiger partial charge in [-0.15, -0.1) is 24.0 Å². The second-order valence-corrected chi connectivity index (χ2v) is 7.38. The maximum absolute atomic E-state index is 6.50. The van der Waals surface area contributed by atoms with E-state index < -0.39 is 0 Å². The number of rotatable bonds is 7. The topological polar surface area (TPSA) is 45.7 Å². The van der Waals surface area contributed by atoms with Crippen LogP contribution >= 0.6 is 47.3 Å². The molecule has 1 fully saturated rings. The number of hydrogen-bond donors (Lipinski definition) is 2. The summed E-state index contributed by atoms with van der Waals surface area (Å²) in [6.07, 6.45) is 4.01. The van der Waals surface area contributed by atoms with E-state index in [1.807, 2.05) is 23.9 Å². The lowest BCUT2D eigenvalue weighted by Crippen LogP contribution is -2.42. The minimum atomic E-state index is -0.0432. The average molecular weight is 498 g/mol. The molecule has 1 heterocycles. The normalized spacial score (nSPS) is 16.8. The van der Waals surface area contributed by atoms with Crippen LogP contribution < -0.4 is 10.6 Å². The monoisotopic (exact) mass is 497 g/mol. The van der Waals surface area contributed by atoms with Crippen LogP contribution in [-0.2, 0) is 10.2 Å². The summed E-state index contributed by atoms with van der Waals surface area (Å²) >= 11 is 8.33. The summed E-state index contributed by atoms with van der Waals surface area (Å²) in [7, 11) is 0. The first-order valence-corrected chi connectivity index (χ1v) is 10.3. The smallest absolute Gasteiger partial charge is 0.191 e. The Hall–Kier alpha value is -0.180. The highest BCUT2D eigenvalue weighted by molar-refractivity contribution is 14.0. The van der Waals surface area contributed by atoms with E-state index in [9.17, 15) is 0 Å². The predicted molar refractivity (Wildman–Crippen MR) is 121 cm³/mol. The molecule has 0 radical (unpaired) electrons. The average Bonchev–Trinajstić information content (AvgIpc) is 2.61. The van der Waals surface area contributed by atoms with Gasteiger partial charge in [0.25, 0.3) is 0 Å². The molecule has 1 saturated heterocycles. The Kier molecular flexibility index (Phi) is 11.2. The van der Waals surface area contributed by atoms with Crippen molar-refractivity contribution in [2.75, 3.05) is 44.9 Å². The summed E-state index contributed by atoms with van der Waals surface area (Å²) in [4.78, 5) is 4.87. The van der Waals surface area contributed by atoms with Crippen molar-refractivity contribution < 1.29 is 4.74 Å². The van der Waals surface area contributed by atoms with Crippen molar-refractivity contribution in [2.24, 2.45) is 4.99 Å². The number of nitrogens with zero attached hydrogens (tertiary/aromatic N) is 1. The van der Waals surface area contributed by atoms with Crippen LogP contribution in [0.1, 0.15) is 25.3 Å². The van der Waals surface area contributed by atoms with Gasteiger partial charge in [-0.25, -0.2) is 0 Å². The largest absolute Gasteiger partial charge is 0.381 e. The predicted octanol–water partition coefficient (Wildman–Crippen LogP) is 3.92. The first-order valence-electron chi connectivity index (χ1n) is 8.56. The Morgan fingerprint density at radius 1 is 1.28 bits per heavy atom. The first kappa shape index (κ1) is 22.9. The minimum absolute atomic E-state index is 0. The van der Waals surface area contributed by atoms with Gasteiger partial charge in [-0.2, -0.15) is 11.8 Å². The van der Waals surface area contributed by atoms with Gasteiger partial charge in [0.1, 0.15) is 0 Å². The third-order valence-electron chi connectivity index (χ3n) is 4.38. The molecule has 142 valence electrons. The van der Waals surface area contributed by atoms with E-state index in [1.165, 1.54) is 5.56 Å². The molecule has 0 aromatic heterocycles. The van der Waals surface area contributed by atoms with Gasteiger partial charge in [-0.05, 0) is 37.7 Å². The van der Waals surface area contributed by atoms with Crippen molar-refractivity contribution in [3.05, 3.63) is 34.9 Å². The molecule has 1 aliphatic rings. The van der Waals surface area contributed by atoms with Gasteiger partial charge < -0.3 is 15.4 Å². The summed E-state index contributed by atoms with van der Waals surface area (Å²) < 4.78 is 5.59. The molecule has 2 N–H and O–H groups in total. The Bertz CT molecular complexity index is 539. The van der Waals surface area contributed by atoms with Crippen LogP contribution in [0, 0.1) is 0 Å². The summed E-state index contributed by atoms with van der Waals surface area (Å²) in [6.45, 7) is 6.09. The van der Waals surface area contributed by atoms with Crippen molar-refractivity contribution in [1.82, 2.24) is 10.6 Å². The van der Waals surface area contributed by atoms with Gasteiger partial charge >= 0.3 is 0 Å². The van der Waals surface area contributed by atoms with E-state index >= 15 is 0 Å². The molecular weight excluding hydrogens is 469 g/mol. The molecular formula is C18H29ClIN3OS.